The molecular formula is C22H27N3O2. The van der Waals surface area contributed by atoms with E-state index in [1.165, 1.54) is 0 Å². The molecule has 2 aromatic rings. The van der Waals surface area contributed by atoms with Crippen LogP contribution in [0.5, 0.6) is 0 Å². The monoisotopic (exact) mass is 365 g/mol. The van der Waals surface area contributed by atoms with Gasteiger partial charge < -0.3 is 10.6 Å². The zero-order valence-corrected chi connectivity index (χ0v) is 15.9. The highest BCUT2D eigenvalue weighted by atomic mass is 16.2. The van der Waals surface area contributed by atoms with Crippen molar-refractivity contribution in [1.82, 2.24) is 15.6 Å². The molecule has 0 radical (unpaired) electrons. The second-order valence-electron chi connectivity index (χ2n) is 8.03. The van der Waals surface area contributed by atoms with Gasteiger partial charge in [0, 0.05) is 23.4 Å². The Balaban J connectivity index is 1.43. The molecule has 1 saturated carbocycles. The molecule has 142 valence electrons. The van der Waals surface area contributed by atoms with E-state index in [9.17, 15) is 9.59 Å². The third-order valence-corrected chi connectivity index (χ3v) is 6.48. The smallest absolute Gasteiger partial charge is 0.270 e. The van der Waals surface area contributed by atoms with E-state index in [2.05, 4.69) is 29.5 Å². The number of nitrogens with one attached hydrogen (secondary N) is 2. The summed E-state index contributed by atoms with van der Waals surface area (Å²) in [5.41, 5.74) is 1.27. The second-order valence-corrected chi connectivity index (χ2v) is 8.03. The van der Waals surface area contributed by atoms with Crippen molar-refractivity contribution in [2.24, 2.45) is 17.8 Å². The molecule has 2 N–H and O–H groups in total. The van der Waals surface area contributed by atoms with Crippen LogP contribution < -0.4 is 10.6 Å². The summed E-state index contributed by atoms with van der Waals surface area (Å²) in [6.45, 7) is 4.30. The van der Waals surface area contributed by atoms with Crippen LogP contribution in [0.15, 0.2) is 36.4 Å². The molecule has 1 aliphatic heterocycles. The highest BCUT2D eigenvalue weighted by molar-refractivity contribution is 5.95. The van der Waals surface area contributed by atoms with Gasteiger partial charge in [-0.25, -0.2) is 4.98 Å². The van der Waals surface area contributed by atoms with E-state index in [4.69, 9.17) is 0 Å². The third-order valence-electron chi connectivity index (χ3n) is 6.48. The Morgan fingerprint density at radius 1 is 1.22 bits per heavy atom. The molecule has 4 rings (SSSR count). The molecular weight excluding hydrogens is 338 g/mol. The van der Waals surface area contributed by atoms with Gasteiger partial charge in [0.25, 0.3) is 5.91 Å². The number of benzene rings is 1. The van der Waals surface area contributed by atoms with Gasteiger partial charge in [0.15, 0.2) is 0 Å². The van der Waals surface area contributed by atoms with Gasteiger partial charge in [0.2, 0.25) is 5.91 Å². The third kappa shape index (κ3) is 3.43. The van der Waals surface area contributed by atoms with Gasteiger partial charge >= 0.3 is 0 Å². The average molecular weight is 365 g/mol. The van der Waals surface area contributed by atoms with Crippen LogP contribution in [0.2, 0.25) is 0 Å². The first kappa shape index (κ1) is 18.0. The van der Waals surface area contributed by atoms with Gasteiger partial charge in [0.05, 0.1) is 5.52 Å². The minimum absolute atomic E-state index is 0.0812. The number of carbonyl (C=O) groups excluding carboxylic acids is 2. The molecule has 1 aromatic carbocycles. The van der Waals surface area contributed by atoms with Crippen molar-refractivity contribution in [3.63, 3.8) is 0 Å². The van der Waals surface area contributed by atoms with Crippen LogP contribution in [0, 0.1) is 17.8 Å². The molecule has 2 fully saturated rings. The summed E-state index contributed by atoms with van der Waals surface area (Å²) in [7, 11) is 0. The zero-order chi connectivity index (χ0) is 19.0. The van der Waals surface area contributed by atoms with E-state index in [0.717, 1.165) is 36.6 Å². The van der Waals surface area contributed by atoms with E-state index >= 15 is 0 Å². The molecule has 2 heterocycles. The first-order valence-corrected chi connectivity index (χ1v) is 10.0. The number of amides is 2. The van der Waals surface area contributed by atoms with Crippen LogP contribution in [-0.2, 0) is 4.79 Å². The lowest BCUT2D eigenvalue weighted by Crippen LogP contribution is -2.58. The van der Waals surface area contributed by atoms with E-state index < -0.39 is 0 Å². The molecule has 2 aliphatic rings. The first-order valence-electron chi connectivity index (χ1n) is 10.0. The van der Waals surface area contributed by atoms with Gasteiger partial charge in [-0.15, -0.1) is 0 Å². The Bertz CT molecular complexity index is 866. The van der Waals surface area contributed by atoms with E-state index in [-0.39, 0.29) is 29.8 Å². The summed E-state index contributed by atoms with van der Waals surface area (Å²) >= 11 is 0. The molecule has 5 unspecified atom stereocenters. The molecule has 5 heteroatoms. The van der Waals surface area contributed by atoms with Crippen LogP contribution in [0.3, 0.4) is 0 Å². The lowest BCUT2D eigenvalue weighted by atomic mass is 9.67. The number of rotatable bonds is 3. The summed E-state index contributed by atoms with van der Waals surface area (Å²) < 4.78 is 0. The van der Waals surface area contributed by atoms with Crippen molar-refractivity contribution in [3.05, 3.63) is 42.1 Å². The van der Waals surface area contributed by atoms with E-state index in [1.54, 1.807) is 6.07 Å². The minimum atomic E-state index is -0.133. The van der Waals surface area contributed by atoms with Crippen molar-refractivity contribution in [1.29, 1.82) is 0 Å². The standard InChI is InChI=1S/C22H27N3O2/c1-3-16-13(2)17-10-9-15(12-20(17)25-21(16)26)23-22(27)19-11-8-14-6-4-5-7-18(14)24-19/h4-8,11,13,15-17,20H,3,9-10,12H2,1-2H3,(H,23,27)(H,25,26). The lowest BCUT2D eigenvalue weighted by Gasteiger charge is -2.46. The Morgan fingerprint density at radius 3 is 2.85 bits per heavy atom. The fourth-order valence-corrected chi connectivity index (χ4v) is 4.96. The van der Waals surface area contributed by atoms with Crippen molar-refractivity contribution in [3.8, 4) is 0 Å². The second kappa shape index (κ2) is 7.29. The number of hydrogen-bond acceptors (Lipinski definition) is 3. The number of pyridine rings is 1. The summed E-state index contributed by atoms with van der Waals surface area (Å²) in [6, 6.07) is 11.8. The van der Waals surface area contributed by atoms with Crippen LogP contribution in [-0.4, -0.2) is 28.9 Å². The zero-order valence-electron chi connectivity index (χ0n) is 15.9. The maximum Gasteiger partial charge on any atom is 0.270 e. The molecule has 1 aliphatic carbocycles. The number of piperidine rings is 1. The van der Waals surface area contributed by atoms with Crippen LogP contribution in [0.25, 0.3) is 10.9 Å². The van der Waals surface area contributed by atoms with Crippen molar-refractivity contribution in [2.45, 2.75) is 51.6 Å². The lowest BCUT2D eigenvalue weighted by molar-refractivity contribution is -0.133. The van der Waals surface area contributed by atoms with Crippen molar-refractivity contribution < 1.29 is 9.59 Å². The molecule has 1 saturated heterocycles. The van der Waals surface area contributed by atoms with Crippen LogP contribution in [0.4, 0.5) is 0 Å². The molecule has 27 heavy (non-hydrogen) atoms. The number of aromatic nitrogens is 1. The molecule has 0 spiro atoms. The highest BCUT2D eigenvalue weighted by Crippen LogP contribution is 2.38. The molecule has 0 bridgehead atoms. The first-order chi connectivity index (χ1) is 13.1. The van der Waals surface area contributed by atoms with E-state index in [0.29, 0.717) is 17.5 Å². The number of nitrogens with zero attached hydrogens (tertiary/aromatic N) is 1. The fraction of sp³-hybridized carbons (Fsp3) is 0.500. The Kier molecular flexibility index (Phi) is 4.85. The number of hydrogen-bond donors (Lipinski definition) is 2. The predicted molar refractivity (Wildman–Crippen MR) is 105 cm³/mol. The number of para-hydroxylation sites is 1. The molecule has 1 aromatic heterocycles. The Morgan fingerprint density at radius 2 is 2.04 bits per heavy atom. The fourth-order valence-electron chi connectivity index (χ4n) is 4.96. The predicted octanol–water partition coefficient (Wildman–Crippen LogP) is 3.29. The SMILES string of the molecule is CCC1C(=O)NC2CC(NC(=O)c3ccc4ccccc4n3)CCC2C1C. The van der Waals surface area contributed by atoms with E-state index in [1.807, 2.05) is 30.3 Å². The molecule has 2 amide bonds. The van der Waals surface area contributed by atoms with Gasteiger partial charge in [-0.05, 0) is 49.7 Å². The maximum atomic E-state index is 12.7. The van der Waals surface area contributed by atoms with Crippen molar-refractivity contribution in [2.75, 3.05) is 0 Å². The Labute approximate surface area is 159 Å². The summed E-state index contributed by atoms with van der Waals surface area (Å²) in [5.74, 6) is 1.09. The molecule has 5 atom stereocenters. The topological polar surface area (TPSA) is 71.1 Å². The largest absolute Gasteiger partial charge is 0.353 e. The normalized spacial score (nSPS) is 30.4. The van der Waals surface area contributed by atoms with Gasteiger partial charge in [-0.2, -0.15) is 0 Å². The Hall–Kier alpha value is -2.43. The molecule has 5 nitrogen and oxygen atoms in total. The van der Waals surface area contributed by atoms with Gasteiger partial charge in [-0.1, -0.05) is 38.1 Å². The minimum Gasteiger partial charge on any atom is -0.353 e. The summed E-state index contributed by atoms with van der Waals surface area (Å²) in [4.78, 5) is 29.5. The summed E-state index contributed by atoms with van der Waals surface area (Å²) in [5, 5.41) is 7.37. The number of carbonyl (C=O) groups is 2. The quantitative estimate of drug-likeness (QED) is 0.877. The van der Waals surface area contributed by atoms with Gasteiger partial charge in [0.1, 0.15) is 5.69 Å². The summed E-state index contributed by atoms with van der Waals surface area (Å²) in [6.07, 6.45) is 3.69. The van der Waals surface area contributed by atoms with Crippen molar-refractivity contribution >= 4 is 22.7 Å². The van der Waals surface area contributed by atoms with Crippen LogP contribution >= 0.6 is 0 Å². The van der Waals surface area contributed by atoms with Gasteiger partial charge in [-0.3, -0.25) is 9.59 Å². The highest BCUT2D eigenvalue weighted by Gasteiger charge is 2.43. The maximum absolute atomic E-state index is 12.7. The number of fused-ring (bicyclic) bond motifs is 2. The van der Waals surface area contributed by atoms with Crippen LogP contribution in [0.1, 0.15) is 50.0 Å². The average Bonchev–Trinajstić information content (AvgIpc) is 2.67.